The van der Waals surface area contributed by atoms with Crippen molar-refractivity contribution in [1.82, 2.24) is 4.90 Å². The molecule has 1 amide bonds. The van der Waals surface area contributed by atoms with E-state index in [2.05, 4.69) is 0 Å². The average Bonchev–Trinajstić information content (AvgIpc) is 2.93. The third-order valence-electron chi connectivity index (χ3n) is 4.47. The molecule has 0 aromatic heterocycles. The van der Waals surface area contributed by atoms with E-state index < -0.39 is 34.6 Å². The molecule has 0 spiro atoms. The highest BCUT2D eigenvalue weighted by Crippen LogP contribution is 2.47. The highest BCUT2D eigenvalue weighted by atomic mass is 16.5. The fraction of sp³-hybridized carbons (Fsp3) is 0.706. The molecule has 0 aromatic carbocycles. The summed E-state index contributed by atoms with van der Waals surface area (Å²) < 4.78 is 5.74. The van der Waals surface area contributed by atoms with Gasteiger partial charge in [0.25, 0.3) is 5.91 Å². The molecule has 23 heavy (non-hydrogen) atoms. The summed E-state index contributed by atoms with van der Waals surface area (Å²) in [5.74, 6) is -1.86. The smallest absolute Gasteiger partial charge is 0.264 e. The van der Waals surface area contributed by atoms with Gasteiger partial charge in [0.05, 0.1) is 6.61 Å². The van der Waals surface area contributed by atoms with Crippen LogP contribution in [0.2, 0.25) is 0 Å². The Morgan fingerprint density at radius 1 is 1.39 bits per heavy atom. The number of rotatable bonds is 5. The Labute approximate surface area is 136 Å². The minimum Gasteiger partial charge on any atom is -0.508 e. The standard InChI is InChI=1S/C17H25NO5/c1-6-7-8-11(20)17-9-23-15(16(3,4)5)18(17)14(22)12(10(2)19)13(17)21/h15,21H,6-9H2,1-5H3/t15-,17+/m1/s1. The van der Waals surface area contributed by atoms with Crippen molar-refractivity contribution in [2.75, 3.05) is 6.61 Å². The number of nitrogens with zero attached hydrogens (tertiary/aromatic N) is 1. The van der Waals surface area contributed by atoms with Crippen molar-refractivity contribution < 1.29 is 24.2 Å². The monoisotopic (exact) mass is 323 g/mol. The molecule has 1 N–H and O–H groups in total. The largest absolute Gasteiger partial charge is 0.508 e. The van der Waals surface area contributed by atoms with Gasteiger partial charge in [-0.3, -0.25) is 19.3 Å². The van der Waals surface area contributed by atoms with Crippen molar-refractivity contribution in [2.24, 2.45) is 5.41 Å². The predicted molar refractivity (Wildman–Crippen MR) is 83.6 cm³/mol. The molecule has 0 radical (unpaired) electrons. The van der Waals surface area contributed by atoms with E-state index in [1.54, 1.807) is 0 Å². The van der Waals surface area contributed by atoms with Crippen molar-refractivity contribution in [1.29, 1.82) is 0 Å². The minimum atomic E-state index is -1.54. The number of carbonyl (C=O) groups is 3. The van der Waals surface area contributed by atoms with Crippen LogP contribution in [0.4, 0.5) is 0 Å². The number of carbonyl (C=O) groups excluding carboxylic acids is 3. The lowest BCUT2D eigenvalue weighted by atomic mass is 9.87. The molecule has 0 saturated carbocycles. The molecule has 1 fully saturated rings. The van der Waals surface area contributed by atoms with Crippen LogP contribution >= 0.6 is 0 Å². The van der Waals surface area contributed by atoms with Crippen LogP contribution in [0.15, 0.2) is 11.3 Å². The van der Waals surface area contributed by atoms with Crippen LogP contribution in [0.3, 0.4) is 0 Å². The number of ether oxygens (including phenoxy) is 1. The fourth-order valence-electron chi connectivity index (χ4n) is 3.28. The van der Waals surface area contributed by atoms with Crippen LogP contribution in [0.1, 0.15) is 53.9 Å². The van der Waals surface area contributed by atoms with Crippen LogP contribution in [0.5, 0.6) is 0 Å². The van der Waals surface area contributed by atoms with Crippen LogP contribution < -0.4 is 0 Å². The molecule has 2 rings (SSSR count). The van der Waals surface area contributed by atoms with E-state index in [0.29, 0.717) is 6.42 Å². The summed E-state index contributed by atoms with van der Waals surface area (Å²) in [6.45, 7) is 8.75. The zero-order valence-corrected chi connectivity index (χ0v) is 14.4. The third kappa shape index (κ3) is 2.49. The molecule has 128 valence electrons. The minimum absolute atomic E-state index is 0.105. The molecule has 0 aromatic rings. The van der Waals surface area contributed by atoms with Gasteiger partial charge >= 0.3 is 0 Å². The van der Waals surface area contributed by atoms with Gasteiger partial charge in [-0.25, -0.2) is 0 Å². The molecule has 1 saturated heterocycles. The molecule has 6 heteroatoms. The lowest BCUT2D eigenvalue weighted by molar-refractivity contribution is -0.146. The number of Topliss-reactive ketones (excluding diaryl/α,β-unsaturated/α-hetero) is 2. The summed E-state index contributed by atoms with van der Waals surface area (Å²) in [5, 5.41) is 10.6. The SMILES string of the molecule is CCCCC(=O)[C@]12CO[C@H](C(C)(C)C)N1C(=O)C(C(C)=O)=C2O. The van der Waals surface area contributed by atoms with Crippen molar-refractivity contribution in [3.8, 4) is 0 Å². The van der Waals surface area contributed by atoms with E-state index in [1.165, 1.54) is 11.8 Å². The van der Waals surface area contributed by atoms with E-state index in [0.717, 1.165) is 6.42 Å². The second-order valence-corrected chi connectivity index (χ2v) is 7.37. The number of unbranched alkanes of at least 4 members (excludes halogenated alkanes) is 1. The molecule has 2 atom stereocenters. The normalized spacial score (nSPS) is 27.6. The lowest BCUT2D eigenvalue weighted by Crippen LogP contribution is -2.56. The summed E-state index contributed by atoms with van der Waals surface area (Å²) in [7, 11) is 0. The van der Waals surface area contributed by atoms with E-state index in [1.807, 2.05) is 27.7 Å². The number of hydrogen-bond donors (Lipinski definition) is 1. The van der Waals surface area contributed by atoms with E-state index >= 15 is 0 Å². The Morgan fingerprint density at radius 3 is 2.48 bits per heavy atom. The zero-order valence-electron chi connectivity index (χ0n) is 14.4. The lowest BCUT2D eigenvalue weighted by Gasteiger charge is -2.37. The Hall–Kier alpha value is -1.69. The van der Waals surface area contributed by atoms with Crippen LogP contribution in [-0.2, 0) is 19.1 Å². The summed E-state index contributed by atoms with van der Waals surface area (Å²) in [5.41, 5.74) is -2.27. The van der Waals surface area contributed by atoms with Gasteiger partial charge in [0.2, 0.25) is 0 Å². The van der Waals surface area contributed by atoms with Gasteiger partial charge in [0.1, 0.15) is 17.6 Å². The second-order valence-electron chi connectivity index (χ2n) is 7.37. The van der Waals surface area contributed by atoms with Gasteiger partial charge < -0.3 is 9.84 Å². The van der Waals surface area contributed by atoms with Crippen molar-refractivity contribution in [3.63, 3.8) is 0 Å². The summed E-state index contributed by atoms with van der Waals surface area (Å²) >= 11 is 0. The Bertz CT molecular complexity index is 586. The maximum atomic E-state index is 12.8. The van der Waals surface area contributed by atoms with Crippen LogP contribution in [0, 0.1) is 5.41 Å². The molecule has 6 nitrogen and oxygen atoms in total. The predicted octanol–water partition coefficient (Wildman–Crippen LogP) is 2.13. The zero-order chi connectivity index (χ0) is 17.6. The second kappa shape index (κ2) is 5.74. The number of ketones is 2. The van der Waals surface area contributed by atoms with Crippen LogP contribution in [-0.4, -0.2) is 45.9 Å². The molecule has 0 bridgehead atoms. The summed E-state index contributed by atoms with van der Waals surface area (Å²) in [4.78, 5) is 38.7. The van der Waals surface area contributed by atoms with Gasteiger partial charge in [0.15, 0.2) is 17.1 Å². The highest BCUT2D eigenvalue weighted by molar-refractivity contribution is 6.23. The van der Waals surface area contributed by atoms with Crippen LogP contribution in [0.25, 0.3) is 0 Å². The average molecular weight is 323 g/mol. The summed E-state index contributed by atoms with van der Waals surface area (Å²) in [6, 6.07) is 0. The van der Waals surface area contributed by atoms with Crippen molar-refractivity contribution >= 4 is 17.5 Å². The first kappa shape index (κ1) is 17.7. The fourth-order valence-corrected chi connectivity index (χ4v) is 3.28. The number of hydrogen-bond acceptors (Lipinski definition) is 5. The summed E-state index contributed by atoms with van der Waals surface area (Å²) in [6.07, 6.45) is 1.05. The number of amides is 1. The molecule has 2 heterocycles. The Kier molecular flexibility index (Phi) is 4.41. The molecule has 0 unspecified atom stereocenters. The first-order valence-corrected chi connectivity index (χ1v) is 8.02. The molecular weight excluding hydrogens is 298 g/mol. The number of aliphatic hydroxyl groups excluding tert-OH is 1. The number of fused-ring (bicyclic) bond motifs is 1. The Balaban J connectivity index is 2.56. The molecular formula is C17H25NO5. The van der Waals surface area contributed by atoms with Gasteiger partial charge in [0, 0.05) is 11.8 Å². The maximum absolute atomic E-state index is 12.8. The Morgan fingerprint density at radius 2 is 2.00 bits per heavy atom. The topological polar surface area (TPSA) is 83.9 Å². The molecule has 0 aliphatic carbocycles. The van der Waals surface area contributed by atoms with Gasteiger partial charge in [-0.1, -0.05) is 34.1 Å². The van der Waals surface area contributed by atoms with E-state index in [9.17, 15) is 19.5 Å². The van der Waals surface area contributed by atoms with Crippen molar-refractivity contribution in [2.45, 2.75) is 65.6 Å². The van der Waals surface area contributed by atoms with E-state index in [-0.39, 0.29) is 24.4 Å². The van der Waals surface area contributed by atoms with Crippen molar-refractivity contribution in [3.05, 3.63) is 11.3 Å². The molecule has 2 aliphatic rings. The highest BCUT2D eigenvalue weighted by Gasteiger charge is 2.65. The van der Waals surface area contributed by atoms with Gasteiger partial charge in [-0.05, 0) is 13.3 Å². The van der Waals surface area contributed by atoms with Gasteiger partial charge in [-0.2, -0.15) is 0 Å². The van der Waals surface area contributed by atoms with E-state index in [4.69, 9.17) is 4.74 Å². The first-order valence-electron chi connectivity index (χ1n) is 8.02. The third-order valence-corrected chi connectivity index (χ3v) is 4.47. The number of aliphatic hydroxyl groups is 1. The quantitative estimate of drug-likeness (QED) is 0.784. The maximum Gasteiger partial charge on any atom is 0.264 e. The van der Waals surface area contributed by atoms with Gasteiger partial charge in [-0.15, -0.1) is 0 Å². The first-order chi connectivity index (χ1) is 10.6. The molecule has 2 aliphatic heterocycles.